The second-order valence-corrected chi connectivity index (χ2v) is 5.56. The van der Waals surface area contributed by atoms with Crippen LogP contribution in [0.5, 0.6) is 0 Å². The van der Waals surface area contributed by atoms with Gasteiger partial charge in [0.15, 0.2) is 5.54 Å². The molecule has 0 saturated carbocycles. The van der Waals surface area contributed by atoms with Crippen LogP contribution < -0.4 is 11.1 Å². The molecule has 1 aliphatic rings. The van der Waals surface area contributed by atoms with Crippen LogP contribution in [0.3, 0.4) is 0 Å². The van der Waals surface area contributed by atoms with E-state index in [4.69, 9.17) is 17.3 Å². The molecule has 0 aromatic carbocycles. The molecule has 1 atom stereocenters. The van der Waals surface area contributed by atoms with Crippen molar-refractivity contribution < 1.29 is 9.59 Å². The van der Waals surface area contributed by atoms with E-state index in [9.17, 15) is 9.59 Å². The third-order valence-corrected chi connectivity index (χ3v) is 4.20. The first-order valence-electron chi connectivity index (χ1n) is 5.07. The van der Waals surface area contributed by atoms with Gasteiger partial charge in [0.05, 0.1) is 4.34 Å². The van der Waals surface area contributed by atoms with Gasteiger partial charge in [-0.3, -0.25) is 9.69 Å². The van der Waals surface area contributed by atoms with Gasteiger partial charge in [-0.25, -0.2) is 4.79 Å². The molecule has 3 N–H and O–H groups in total. The maximum Gasteiger partial charge on any atom is 0.325 e. The molecule has 7 heteroatoms. The third kappa shape index (κ3) is 1.82. The SMILES string of the molecule is CN1C(=O)NC(CCN)(c2ccc(Cl)s2)C1=O. The lowest BCUT2D eigenvalue weighted by Gasteiger charge is -2.24. The van der Waals surface area contributed by atoms with E-state index in [0.717, 1.165) is 9.78 Å². The van der Waals surface area contributed by atoms with Crippen LogP contribution in [-0.2, 0) is 10.3 Å². The van der Waals surface area contributed by atoms with Gasteiger partial charge in [0.1, 0.15) is 0 Å². The lowest BCUT2D eigenvalue weighted by Crippen LogP contribution is -2.44. The van der Waals surface area contributed by atoms with Crippen molar-refractivity contribution in [3.05, 3.63) is 21.3 Å². The quantitative estimate of drug-likeness (QED) is 0.811. The summed E-state index contributed by atoms with van der Waals surface area (Å²) in [7, 11) is 1.45. The summed E-state index contributed by atoms with van der Waals surface area (Å²) < 4.78 is 0.577. The molecule has 0 radical (unpaired) electrons. The van der Waals surface area contributed by atoms with Crippen LogP contribution in [-0.4, -0.2) is 30.4 Å². The lowest BCUT2D eigenvalue weighted by molar-refractivity contribution is -0.130. The van der Waals surface area contributed by atoms with Gasteiger partial charge in [-0.1, -0.05) is 11.6 Å². The Bertz CT molecular complexity index is 476. The van der Waals surface area contributed by atoms with Crippen molar-refractivity contribution in [2.45, 2.75) is 12.0 Å². The van der Waals surface area contributed by atoms with Gasteiger partial charge in [0, 0.05) is 11.9 Å². The fraction of sp³-hybridized carbons (Fsp3) is 0.400. The van der Waals surface area contributed by atoms with E-state index >= 15 is 0 Å². The standard InChI is InChI=1S/C10H12ClN3O2S/c1-14-8(15)10(4-5-12,13-9(14)16)6-2-3-7(11)17-6/h2-3H,4-5,12H2,1H3,(H,13,16). The normalized spacial score (nSPS) is 24.3. The molecule has 1 aliphatic heterocycles. The Kier molecular flexibility index (Phi) is 3.11. The number of carbonyl (C=O) groups is 2. The molecule has 17 heavy (non-hydrogen) atoms. The van der Waals surface area contributed by atoms with Crippen LogP contribution in [0.4, 0.5) is 4.79 Å². The van der Waals surface area contributed by atoms with Crippen molar-refractivity contribution in [2.75, 3.05) is 13.6 Å². The second-order valence-electron chi connectivity index (χ2n) is 3.84. The van der Waals surface area contributed by atoms with Gasteiger partial charge in [-0.05, 0) is 25.1 Å². The predicted molar refractivity (Wildman–Crippen MR) is 66.0 cm³/mol. The minimum atomic E-state index is -1.04. The van der Waals surface area contributed by atoms with Crippen LogP contribution in [0.25, 0.3) is 0 Å². The van der Waals surface area contributed by atoms with Gasteiger partial charge < -0.3 is 11.1 Å². The fourth-order valence-electron chi connectivity index (χ4n) is 1.92. The highest BCUT2D eigenvalue weighted by molar-refractivity contribution is 7.16. The number of likely N-dealkylation sites (N-methyl/N-ethyl adjacent to an activating group) is 1. The number of nitrogens with one attached hydrogen (secondary N) is 1. The zero-order valence-corrected chi connectivity index (χ0v) is 10.8. The number of urea groups is 1. The van der Waals surface area contributed by atoms with Crippen molar-refractivity contribution >= 4 is 34.9 Å². The Morgan fingerprint density at radius 3 is 2.65 bits per heavy atom. The van der Waals surface area contributed by atoms with Crippen molar-refractivity contribution in [1.82, 2.24) is 10.2 Å². The number of nitrogens with two attached hydrogens (primary N) is 1. The van der Waals surface area contributed by atoms with E-state index in [2.05, 4.69) is 5.32 Å². The maximum atomic E-state index is 12.2. The topological polar surface area (TPSA) is 75.4 Å². The zero-order valence-electron chi connectivity index (χ0n) is 9.20. The number of imide groups is 1. The molecule has 0 aliphatic carbocycles. The number of hydrogen-bond acceptors (Lipinski definition) is 4. The van der Waals surface area contributed by atoms with E-state index in [0.29, 0.717) is 17.3 Å². The first-order chi connectivity index (χ1) is 8.01. The molecule has 0 spiro atoms. The van der Waals surface area contributed by atoms with Crippen LogP contribution in [0, 0.1) is 0 Å². The van der Waals surface area contributed by atoms with Crippen molar-refractivity contribution in [3.63, 3.8) is 0 Å². The highest BCUT2D eigenvalue weighted by Gasteiger charge is 2.51. The Labute approximate surface area is 108 Å². The molecular weight excluding hydrogens is 262 g/mol. The summed E-state index contributed by atoms with van der Waals surface area (Å²) in [6.07, 6.45) is 0.360. The molecule has 1 aromatic heterocycles. The van der Waals surface area contributed by atoms with Crippen LogP contribution in [0.2, 0.25) is 4.34 Å². The average molecular weight is 274 g/mol. The molecule has 92 valence electrons. The summed E-state index contributed by atoms with van der Waals surface area (Å²) in [4.78, 5) is 25.6. The van der Waals surface area contributed by atoms with Crippen molar-refractivity contribution in [3.8, 4) is 0 Å². The smallest absolute Gasteiger partial charge is 0.325 e. The Balaban J connectivity index is 2.47. The molecule has 1 unspecified atom stereocenters. The van der Waals surface area contributed by atoms with Gasteiger partial charge in [0.2, 0.25) is 0 Å². The molecular formula is C10H12ClN3O2S. The van der Waals surface area contributed by atoms with E-state index in [1.54, 1.807) is 12.1 Å². The largest absolute Gasteiger partial charge is 0.330 e. The maximum absolute atomic E-state index is 12.2. The average Bonchev–Trinajstić information content (AvgIpc) is 2.80. The summed E-state index contributed by atoms with van der Waals surface area (Å²) in [6, 6.07) is 3.05. The zero-order chi connectivity index (χ0) is 12.6. The minimum absolute atomic E-state index is 0.286. The molecule has 0 bridgehead atoms. The van der Waals surface area contributed by atoms with Gasteiger partial charge in [-0.15, -0.1) is 11.3 Å². The lowest BCUT2D eigenvalue weighted by atomic mass is 9.93. The van der Waals surface area contributed by atoms with Crippen LogP contribution >= 0.6 is 22.9 Å². The van der Waals surface area contributed by atoms with E-state index in [1.807, 2.05) is 0 Å². The highest BCUT2D eigenvalue weighted by Crippen LogP contribution is 2.37. The molecule has 1 fully saturated rings. The fourth-order valence-corrected chi connectivity index (χ4v) is 3.13. The van der Waals surface area contributed by atoms with Gasteiger partial charge >= 0.3 is 6.03 Å². The number of rotatable bonds is 3. The summed E-state index contributed by atoms with van der Waals surface area (Å²) in [5, 5.41) is 2.71. The predicted octanol–water partition coefficient (Wildman–Crippen LogP) is 1.13. The first kappa shape index (κ1) is 12.3. The van der Waals surface area contributed by atoms with Gasteiger partial charge in [-0.2, -0.15) is 0 Å². The summed E-state index contributed by atoms with van der Waals surface area (Å²) in [6.45, 7) is 0.301. The first-order valence-corrected chi connectivity index (χ1v) is 6.27. The second kappa shape index (κ2) is 4.29. The molecule has 2 heterocycles. The van der Waals surface area contributed by atoms with E-state index in [1.165, 1.54) is 18.4 Å². The molecule has 5 nitrogen and oxygen atoms in total. The summed E-state index contributed by atoms with van der Waals surface area (Å²) >= 11 is 7.15. The van der Waals surface area contributed by atoms with E-state index in [-0.39, 0.29) is 5.91 Å². The third-order valence-electron chi connectivity index (χ3n) is 2.81. The number of nitrogens with zero attached hydrogens (tertiary/aromatic N) is 1. The number of carbonyl (C=O) groups excluding carboxylic acids is 2. The molecule has 3 amide bonds. The van der Waals surface area contributed by atoms with Gasteiger partial charge in [0.25, 0.3) is 5.91 Å². The molecule has 1 aromatic rings. The summed E-state index contributed by atoms with van der Waals surface area (Å²) in [5.74, 6) is -0.286. The summed E-state index contributed by atoms with van der Waals surface area (Å²) in [5.41, 5.74) is 4.50. The van der Waals surface area contributed by atoms with E-state index < -0.39 is 11.6 Å². The number of thiophene rings is 1. The highest BCUT2D eigenvalue weighted by atomic mass is 35.5. The van der Waals surface area contributed by atoms with Crippen LogP contribution in [0.1, 0.15) is 11.3 Å². The minimum Gasteiger partial charge on any atom is -0.330 e. The number of amides is 3. The molecule has 2 rings (SSSR count). The monoisotopic (exact) mass is 273 g/mol. The Morgan fingerprint density at radius 2 is 2.24 bits per heavy atom. The van der Waals surface area contributed by atoms with Crippen molar-refractivity contribution in [2.24, 2.45) is 5.73 Å². The Hall–Kier alpha value is -1.11. The number of halogens is 1. The van der Waals surface area contributed by atoms with Crippen molar-refractivity contribution in [1.29, 1.82) is 0 Å². The Morgan fingerprint density at radius 1 is 1.53 bits per heavy atom. The number of hydrogen-bond donors (Lipinski definition) is 2. The van der Waals surface area contributed by atoms with Crippen LogP contribution in [0.15, 0.2) is 12.1 Å². The molecule has 1 saturated heterocycles.